The molecular formula is C21H25N3O2S. The van der Waals surface area contributed by atoms with Crippen LogP contribution in [0.1, 0.15) is 11.1 Å². The summed E-state index contributed by atoms with van der Waals surface area (Å²) in [6, 6.07) is 15.4. The Morgan fingerprint density at radius 2 is 1.67 bits per heavy atom. The van der Waals surface area contributed by atoms with Crippen molar-refractivity contribution in [1.82, 2.24) is 14.2 Å². The number of fused-ring (bicyclic) bond motifs is 1. The average Bonchev–Trinajstić information content (AvgIpc) is 3.10. The van der Waals surface area contributed by atoms with Crippen molar-refractivity contribution in [3.05, 3.63) is 65.9 Å². The Labute approximate surface area is 160 Å². The second-order valence-electron chi connectivity index (χ2n) is 7.17. The van der Waals surface area contributed by atoms with Crippen LogP contribution >= 0.6 is 0 Å². The minimum atomic E-state index is -3.39. The second kappa shape index (κ2) is 7.46. The van der Waals surface area contributed by atoms with Crippen LogP contribution in [0.3, 0.4) is 0 Å². The summed E-state index contributed by atoms with van der Waals surface area (Å²) in [6.45, 7) is 5.54. The van der Waals surface area contributed by atoms with Gasteiger partial charge >= 0.3 is 0 Å². The first-order chi connectivity index (χ1) is 13.0. The molecule has 0 saturated carbocycles. The number of piperazine rings is 1. The molecule has 142 valence electrons. The molecule has 0 unspecified atom stereocenters. The number of nitrogens with one attached hydrogen (secondary N) is 1. The molecule has 2 heterocycles. The monoisotopic (exact) mass is 383 g/mol. The highest BCUT2D eigenvalue weighted by molar-refractivity contribution is 7.89. The van der Waals surface area contributed by atoms with Crippen molar-refractivity contribution in [2.75, 3.05) is 32.7 Å². The molecule has 4 rings (SSSR count). The Balaban J connectivity index is 1.35. The minimum absolute atomic E-state index is 0.389. The van der Waals surface area contributed by atoms with E-state index in [9.17, 15) is 8.42 Å². The van der Waals surface area contributed by atoms with E-state index < -0.39 is 10.0 Å². The molecule has 0 aliphatic carbocycles. The molecule has 2 aromatic carbocycles. The minimum Gasteiger partial charge on any atom is -0.361 e. The lowest BCUT2D eigenvalue weighted by molar-refractivity contribution is 0.190. The summed E-state index contributed by atoms with van der Waals surface area (Å²) in [5.74, 6) is 0. The lowest BCUT2D eigenvalue weighted by Gasteiger charge is -2.34. The summed E-state index contributed by atoms with van der Waals surface area (Å²) in [5, 5.41) is 1.28. The van der Waals surface area contributed by atoms with Crippen LogP contribution in [0.4, 0.5) is 0 Å². The third-order valence-corrected chi connectivity index (χ3v) is 7.28. The highest BCUT2D eigenvalue weighted by Crippen LogP contribution is 2.20. The van der Waals surface area contributed by atoms with Crippen LogP contribution in [0.25, 0.3) is 10.9 Å². The van der Waals surface area contributed by atoms with Crippen LogP contribution in [0, 0.1) is 6.92 Å². The van der Waals surface area contributed by atoms with Gasteiger partial charge in [0, 0.05) is 49.8 Å². The zero-order valence-electron chi connectivity index (χ0n) is 15.6. The summed E-state index contributed by atoms with van der Waals surface area (Å²) in [6.07, 6.45) is 3.05. The Morgan fingerprint density at radius 3 is 2.41 bits per heavy atom. The van der Waals surface area contributed by atoms with Gasteiger partial charge < -0.3 is 9.88 Å². The maximum Gasteiger partial charge on any atom is 0.243 e. The van der Waals surface area contributed by atoms with Gasteiger partial charge in [-0.25, -0.2) is 8.42 Å². The van der Waals surface area contributed by atoms with Gasteiger partial charge in [-0.3, -0.25) is 0 Å². The summed E-state index contributed by atoms with van der Waals surface area (Å²) in [7, 11) is -3.39. The van der Waals surface area contributed by atoms with Crippen molar-refractivity contribution in [3.63, 3.8) is 0 Å². The number of rotatable bonds is 5. The molecule has 0 spiro atoms. The molecule has 27 heavy (non-hydrogen) atoms. The fourth-order valence-corrected chi connectivity index (χ4v) is 5.09. The van der Waals surface area contributed by atoms with E-state index in [1.165, 1.54) is 16.5 Å². The number of aromatic nitrogens is 1. The predicted octanol–water partition coefficient (Wildman–Crippen LogP) is 3.03. The zero-order chi connectivity index (χ0) is 18.9. The van der Waals surface area contributed by atoms with Crippen molar-refractivity contribution < 1.29 is 8.42 Å². The third-order valence-electron chi connectivity index (χ3n) is 5.36. The number of aryl methyl sites for hydroxylation is 1. The van der Waals surface area contributed by atoms with Crippen molar-refractivity contribution in [2.24, 2.45) is 0 Å². The van der Waals surface area contributed by atoms with Crippen LogP contribution in [-0.4, -0.2) is 55.3 Å². The quantitative estimate of drug-likeness (QED) is 0.737. The molecule has 1 saturated heterocycles. The molecule has 1 aromatic heterocycles. The van der Waals surface area contributed by atoms with E-state index >= 15 is 0 Å². The number of hydrogen-bond acceptors (Lipinski definition) is 3. The van der Waals surface area contributed by atoms with E-state index in [1.807, 2.05) is 25.1 Å². The molecule has 1 N–H and O–H groups in total. The number of aromatic amines is 1. The lowest BCUT2D eigenvalue weighted by atomic mass is 10.1. The van der Waals surface area contributed by atoms with E-state index in [1.54, 1.807) is 16.4 Å². The van der Waals surface area contributed by atoms with Gasteiger partial charge in [-0.2, -0.15) is 4.31 Å². The highest BCUT2D eigenvalue weighted by atomic mass is 32.2. The first kappa shape index (κ1) is 18.2. The number of benzene rings is 2. The van der Waals surface area contributed by atoms with E-state index in [4.69, 9.17) is 0 Å². The number of sulfonamides is 1. The Kier molecular flexibility index (Phi) is 5.04. The molecule has 3 aromatic rings. The number of para-hydroxylation sites is 1. The van der Waals surface area contributed by atoms with Gasteiger partial charge in [0.25, 0.3) is 0 Å². The van der Waals surface area contributed by atoms with Crippen LogP contribution in [0.15, 0.2) is 59.6 Å². The van der Waals surface area contributed by atoms with E-state index in [0.717, 1.165) is 31.6 Å². The molecule has 0 atom stereocenters. The topological polar surface area (TPSA) is 56.4 Å². The highest BCUT2D eigenvalue weighted by Gasteiger charge is 2.28. The third kappa shape index (κ3) is 3.78. The van der Waals surface area contributed by atoms with Crippen LogP contribution < -0.4 is 0 Å². The normalized spacial score (nSPS) is 16.8. The summed E-state index contributed by atoms with van der Waals surface area (Å²) < 4.78 is 27.2. The summed E-state index contributed by atoms with van der Waals surface area (Å²) in [5.41, 5.74) is 3.55. The Hall–Kier alpha value is -2.15. The van der Waals surface area contributed by atoms with E-state index in [-0.39, 0.29) is 0 Å². The van der Waals surface area contributed by atoms with Gasteiger partial charge in [-0.05, 0) is 37.1 Å². The SMILES string of the molecule is Cc1ccc(S(=O)(=O)N2CCN(CCc3c[nH]c4ccccc34)CC2)cc1. The molecule has 0 bridgehead atoms. The fourth-order valence-electron chi connectivity index (χ4n) is 3.67. The van der Waals surface area contributed by atoms with Crippen molar-refractivity contribution in [3.8, 4) is 0 Å². The van der Waals surface area contributed by atoms with Gasteiger partial charge in [0.2, 0.25) is 10.0 Å². The van der Waals surface area contributed by atoms with Crippen molar-refractivity contribution >= 4 is 20.9 Å². The lowest BCUT2D eigenvalue weighted by Crippen LogP contribution is -2.48. The molecule has 6 heteroatoms. The standard InChI is InChI=1S/C21H25N3O2S/c1-17-6-8-19(9-7-17)27(25,26)24-14-12-23(13-15-24)11-10-18-16-22-21-5-3-2-4-20(18)21/h2-9,16,22H,10-15H2,1H3. The smallest absolute Gasteiger partial charge is 0.243 e. The fraction of sp³-hybridized carbons (Fsp3) is 0.333. The van der Waals surface area contributed by atoms with Gasteiger partial charge in [-0.15, -0.1) is 0 Å². The number of H-pyrrole nitrogens is 1. The zero-order valence-corrected chi connectivity index (χ0v) is 16.4. The first-order valence-electron chi connectivity index (χ1n) is 9.38. The van der Waals surface area contributed by atoms with E-state index in [0.29, 0.717) is 18.0 Å². The Morgan fingerprint density at radius 1 is 0.963 bits per heavy atom. The second-order valence-corrected chi connectivity index (χ2v) is 9.11. The van der Waals surface area contributed by atoms with Gasteiger partial charge in [-0.1, -0.05) is 35.9 Å². The Bertz CT molecular complexity index is 1020. The molecule has 1 aliphatic rings. The maximum atomic E-state index is 12.8. The largest absolute Gasteiger partial charge is 0.361 e. The van der Waals surface area contributed by atoms with Crippen molar-refractivity contribution in [1.29, 1.82) is 0 Å². The number of hydrogen-bond donors (Lipinski definition) is 1. The molecule has 1 fully saturated rings. The molecule has 5 nitrogen and oxygen atoms in total. The van der Waals surface area contributed by atoms with Gasteiger partial charge in [0.15, 0.2) is 0 Å². The van der Waals surface area contributed by atoms with Crippen LogP contribution in [-0.2, 0) is 16.4 Å². The molecule has 1 aliphatic heterocycles. The van der Waals surface area contributed by atoms with Crippen LogP contribution in [0.5, 0.6) is 0 Å². The summed E-state index contributed by atoms with van der Waals surface area (Å²) in [4.78, 5) is 6.06. The summed E-state index contributed by atoms with van der Waals surface area (Å²) >= 11 is 0. The first-order valence-corrected chi connectivity index (χ1v) is 10.8. The predicted molar refractivity (Wildman–Crippen MR) is 108 cm³/mol. The van der Waals surface area contributed by atoms with Crippen molar-refractivity contribution in [2.45, 2.75) is 18.2 Å². The molecule has 0 amide bonds. The van der Waals surface area contributed by atoms with E-state index in [2.05, 4.69) is 34.3 Å². The van der Waals surface area contributed by atoms with Gasteiger partial charge in [0.05, 0.1) is 4.90 Å². The van der Waals surface area contributed by atoms with Crippen LogP contribution in [0.2, 0.25) is 0 Å². The molecular weight excluding hydrogens is 358 g/mol. The number of nitrogens with zero attached hydrogens (tertiary/aromatic N) is 2. The molecule has 0 radical (unpaired) electrons. The average molecular weight is 384 g/mol. The maximum absolute atomic E-state index is 12.8. The van der Waals surface area contributed by atoms with Gasteiger partial charge in [0.1, 0.15) is 0 Å².